The van der Waals surface area contributed by atoms with Gasteiger partial charge < -0.3 is 16.0 Å². The van der Waals surface area contributed by atoms with Crippen LogP contribution in [0.2, 0.25) is 0 Å². The molecule has 0 unspecified atom stereocenters. The summed E-state index contributed by atoms with van der Waals surface area (Å²) >= 11 is 0. The van der Waals surface area contributed by atoms with Gasteiger partial charge in [-0.15, -0.1) is 0 Å². The number of nitrogens with one attached hydrogen (secondary N) is 1. The van der Waals surface area contributed by atoms with E-state index in [2.05, 4.69) is 10.3 Å². The van der Waals surface area contributed by atoms with Crippen LogP contribution in [0.3, 0.4) is 0 Å². The highest BCUT2D eigenvalue weighted by atomic mass is 19.4. The van der Waals surface area contributed by atoms with Crippen molar-refractivity contribution >= 4 is 17.6 Å². The first-order valence-corrected chi connectivity index (χ1v) is 8.18. The minimum absolute atomic E-state index is 0.0141. The van der Waals surface area contributed by atoms with Crippen molar-refractivity contribution in [3.8, 4) is 0 Å². The van der Waals surface area contributed by atoms with Gasteiger partial charge in [-0.3, -0.25) is 9.78 Å². The third kappa shape index (κ3) is 3.71. The number of nitrogens with zero attached hydrogens (tertiary/aromatic N) is 2. The summed E-state index contributed by atoms with van der Waals surface area (Å²) in [6.07, 6.45) is -3.53. The first-order chi connectivity index (χ1) is 12.7. The molecule has 0 saturated carbocycles. The number of carbonyl (C=O) groups is 2. The Kier molecular flexibility index (Phi) is 4.77. The van der Waals surface area contributed by atoms with Crippen molar-refractivity contribution in [2.24, 2.45) is 5.73 Å². The second kappa shape index (κ2) is 6.90. The second-order valence-electron chi connectivity index (χ2n) is 6.26. The number of nitrogens with two attached hydrogens (primary N) is 1. The molecule has 3 N–H and O–H groups in total. The molecule has 0 radical (unpaired) electrons. The molecule has 2 aromatic rings. The molecule has 1 aromatic heterocycles. The number of aromatic nitrogens is 1. The normalized spacial score (nSPS) is 18.0. The standard InChI is InChI=1S/C18H17F3N4O2/c1-10(11-5-3-2-4-6-11)25-14-8-15(18(19,20)21)23-9-12(14)7-13(16(25)26)24-17(22)27/h2-6,8-10,13H,7H2,1H3,(H3,22,24,27)/t10-,13+/m0/s1. The number of alkyl halides is 3. The monoisotopic (exact) mass is 378 g/mol. The average Bonchev–Trinajstić information content (AvgIpc) is 2.61. The van der Waals surface area contributed by atoms with E-state index in [1.54, 1.807) is 37.3 Å². The molecule has 6 nitrogen and oxygen atoms in total. The fraction of sp³-hybridized carbons (Fsp3) is 0.278. The number of urea groups is 1. The molecule has 0 fully saturated rings. The Labute approximate surface area is 153 Å². The summed E-state index contributed by atoms with van der Waals surface area (Å²) in [4.78, 5) is 28.9. The molecule has 3 amide bonds. The summed E-state index contributed by atoms with van der Waals surface area (Å²) in [5, 5.41) is 2.35. The zero-order chi connectivity index (χ0) is 19.8. The molecule has 3 rings (SSSR count). The van der Waals surface area contributed by atoms with Crippen molar-refractivity contribution in [1.29, 1.82) is 0 Å². The predicted octanol–water partition coefficient (Wildman–Crippen LogP) is 2.79. The quantitative estimate of drug-likeness (QED) is 0.861. The number of rotatable bonds is 3. The van der Waals surface area contributed by atoms with Crippen LogP contribution in [0.15, 0.2) is 42.6 Å². The van der Waals surface area contributed by atoms with Crippen LogP contribution in [0, 0.1) is 0 Å². The van der Waals surface area contributed by atoms with Crippen molar-refractivity contribution in [1.82, 2.24) is 10.3 Å². The van der Waals surface area contributed by atoms with Crippen molar-refractivity contribution in [2.45, 2.75) is 31.6 Å². The van der Waals surface area contributed by atoms with Crippen molar-refractivity contribution in [2.75, 3.05) is 4.90 Å². The van der Waals surface area contributed by atoms with Crippen molar-refractivity contribution in [3.63, 3.8) is 0 Å². The van der Waals surface area contributed by atoms with E-state index in [1.165, 1.54) is 4.90 Å². The van der Waals surface area contributed by atoms with Gasteiger partial charge in [-0.05, 0) is 24.1 Å². The SMILES string of the molecule is C[C@@H](c1ccccc1)N1C(=O)[C@H](NC(N)=O)Cc2cnc(C(F)(F)F)cc21. The molecule has 27 heavy (non-hydrogen) atoms. The lowest BCUT2D eigenvalue weighted by Gasteiger charge is -2.38. The van der Waals surface area contributed by atoms with Gasteiger partial charge in [0, 0.05) is 12.6 Å². The Morgan fingerprint density at radius 3 is 2.59 bits per heavy atom. The molecule has 0 bridgehead atoms. The molecule has 1 aromatic carbocycles. The van der Waals surface area contributed by atoms with E-state index in [0.717, 1.165) is 17.8 Å². The van der Waals surface area contributed by atoms with Gasteiger partial charge in [-0.25, -0.2) is 4.79 Å². The van der Waals surface area contributed by atoms with Crippen molar-refractivity contribution in [3.05, 3.63) is 59.4 Å². The van der Waals surface area contributed by atoms with Gasteiger partial charge in [0.05, 0.1) is 11.7 Å². The molecule has 0 aliphatic carbocycles. The number of benzene rings is 1. The topological polar surface area (TPSA) is 88.3 Å². The lowest BCUT2D eigenvalue weighted by molar-refractivity contribution is -0.141. The molecule has 2 atom stereocenters. The summed E-state index contributed by atoms with van der Waals surface area (Å²) in [6, 6.07) is 7.34. The number of hydrogen-bond acceptors (Lipinski definition) is 3. The fourth-order valence-corrected chi connectivity index (χ4v) is 3.17. The van der Waals surface area contributed by atoms with Crippen LogP contribution < -0.4 is 16.0 Å². The van der Waals surface area contributed by atoms with E-state index >= 15 is 0 Å². The number of fused-ring (bicyclic) bond motifs is 1. The zero-order valence-electron chi connectivity index (χ0n) is 14.3. The summed E-state index contributed by atoms with van der Waals surface area (Å²) in [6.45, 7) is 1.71. The number of anilines is 1. The van der Waals surface area contributed by atoms with Gasteiger partial charge in [0.2, 0.25) is 0 Å². The molecule has 0 saturated heterocycles. The first-order valence-electron chi connectivity index (χ1n) is 8.18. The maximum Gasteiger partial charge on any atom is 0.433 e. The average molecular weight is 378 g/mol. The first kappa shape index (κ1) is 18.7. The van der Waals surface area contributed by atoms with Gasteiger partial charge in [-0.2, -0.15) is 13.2 Å². The minimum Gasteiger partial charge on any atom is -0.352 e. The van der Waals surface area contributed by atoms with E-state index in [0.29, 0.717) is 5.56 Å². The molecular weight excluding hydrogens is 361 g/mol. The van der Waals surface area contributed by atoms with Crippen LogP contribution in [0.1, 0.15) is 29.8 Å². The Hall–Kier alpha value is -3.10. The maximum absolute atomic E-state index is 13.1. The minimum atomic E-state index is -4.64. The molecule has 142 valence electrons. The number of primary amides is 1. The maximum atomic E-state index is 13.1. The van der Waals surface area contributed by atoms with Crippen LogP contribution in [0.25, 0.3) is 0 Å². The molecule has 9 heteroatoms. The third-order valence-electron chi connectivity index (χ3n) is 4.46. The van der Waals surface area contributed by atoms with E-state index in [4.69, 9.17) is 5.73 Å². The zero-order valence-corrected chi connectivity index (χ0v) is 14.3. The smallest absolute Gasteiger partial charge is 0.352 e. The van der Waals surface area contributed by atoms with Crippen LogP contribution >= 0.6 is 0 Å². The summed E-state index contributed by atoms with van der Waals surface area (Å²) in [5.74, 6) is -0.531. The number of pyridine rings is 1. The number of halogens is 3. The predicted molar refractivity (Wildman–Crippen MR) is 91.8 cm³/mol. The van der Waals surface area contributed by atoms with Gasteiger partial charge in [0.15, 0.2) is 0 Å². The number of amides is 3. The lowest BCUT2D eigenvalue weighted by Crippen LogP contribution is -2.54. The van der Waals surface area contributed by atoms with E-state index < -0.39 is 35.9 Å². The Balaban J connectivity index is 2.10. The second-order valence-corrected chi connectivity index (χ2v) is 6.26. The number of hydrogen-bond donors (Lipinski definition) is 2. The number of carbonyl (C=O) groups excluding carboxylic acids is 2. The van der Waals surface area contributed by atoms with Crippen LogP contribution in [-0.2, 0) is 17.4 Å². The Morgan fingerprint density at radius 1 is 1.33 bits per heavy atom. The Morgan fingerprint density at radius 2 is 2.00 bits per heavy atom. The van der Waals surface area contributed by atoms with E-state index in [-0.39, 0.29) is 12.1 Å². The molecule has 1 aliphatic heterocycles. The van der Waals surface area contributed by atoms with Crippen LogP contribution in [-0.4, -0.2) is 23.0 Å². The van der Waals surface area contributed by atoms with Crippen LogP contribution in [0.5, 0.6) is 0 Å². The molecule has 2 heterocycles. The fourth-order valence-electron chi connectivity index (χ4n) is 3.17. The molecular formula is C18H17F3N4O2. The highest BCUT2D eigenvalue weighted by Crippen LogP contribution is 2.38. The molecule has 1 aliphatic rings. The van der Waals surface area contributed by atoms with Gasteiger partial charge in [0.25, 0.3) is 5.91 Å². The van der Waals surface area contributed by atoms with Gasteiger partial charge in [-0.1, -0.05) is 30.3 Å². The lowest BCUT2D eigenvalue weighted by atomic mass is 9.95. The summed E-state index contributed by atoms with van der Waals surface area (Å²) in [7, 11) is 0. The Bertz CT molecular complexity index is 871. The van der Waals surface area contributed by atoms with Gasteiger partial charge >= 0.3 is 12.2 Å². The van der Waals surface area contributed by atoms with Gasteiger partial charge in [0.1, 0.15) is 11.7 Å². The third-order valence-corrected chi connectivity index (χ3v) is 4.46. The largest absolute Gasteiger partial charge is 0.433 e. The van der Waals surface area contributed by atoms with Crippen LogP contribution in [0.4, 0.5) is 23.7 Å². The highest BCUT2D eigenvalue weighted by Gasteiger charge is 2.40. The highest BCUT2D eigenvalue weighted by molar-refractivity contribution is 6.02. The summed E-state index contributed by atoms with van der Waals surface area (Å²) in [5.41, 5.74) is 5.34. The van der Waals surface area contributed by atoms with Crippen molar-refractivity contribution < 1.29 is 22.8 Å². The summed E-state index contributed by atoms with van der Waals surface area (Å²) < 4.78 is 39.3. The van der Waals surface area contributed by atoms with E-state index in [1.807, 2.05) is 0 Å². The molecule has 0 spiro atoms. The van der Waals surface area contributed by atoms with E-state index in [9.17, 15) is 22.8 Å².